The molecular formula is C17H23ClO. The SMILES string of the molecule is CCCCC(CC)C(O)C#Cc1cccc(Cl)c1C. The molecule has 2 atom stereocenters. The molecule has 0 aliphatic rings. The molecule has 0 bridgehead atoms. The highest BCUT2D eigenvalue weighted by Crippen LogP contribution is 2.19. The van der Waals surface area contributed by atoms with Gasteiger partial charge in [0.25, 0.3) is 0 Å². The van der Waals surface area contributed by atoms with E-state index in [2.05, 4.69) is 25.7 Å². The average molecular weight is 279 g/mol. The zero-order valence-corrected chi connectivity index (χ0v) is 12.8. The highest BCUT2D eigenvalue weighted by molar-refractivity contribution is 6.31. The van der Waals surface area contributed by atoms with Crippen LogP contribution in [0.3, 0.4) is 0 Å². The van der Waals surface area contributed by atoms with Crippen LogP contribution >= 0.6 is 11.6 Å². The van der Waals surface area contributed by atoms with Gasteiger partial charge in [0.05, 0.1) is 0 Å². The Morgan fingerprint density at radius 2 is 2.05 bits per heavy atom. The minimum atomic E-state index is -0.546. The van der Waals surface area contributed by atoms with Gasteiger partial charge in [-0.2, -0.15) is 0 Å². The van der Waals surface area contributed by atoms with Crippen molar-refractivity contribution in [3.8, 4) is 11.8 Å². The van der Waals surface area contributed by atoms with Gasteiger partial charge in [-0.15, -0.1) is 0 Å². The Kier molecular flexibility index (Phi) is 6.99. The lowest BCUT2D eigenvalue weighted by Gasteiger charge is -2.16. The molecule has 0 fully saturated rings. The summed E-state index contributed by atoms with van der Waals surface area (Å²) in [6.45, 7) is 6.23. The summed E-state index contributed by atoms with van der Waals surface area (Å²) in [7, 11) is 0. The number of benzene rings is 1. The molecule has 104 valence electrons. The molecule has 2 unspecified atom stereocenters. The van der Waals surface area contributed by atoms with Crippen molar-refractivity contribution in [2.45, 2.75) is 52.6 Å². The van der Waals surface area contributed by atoms with Crippen LogP contribution in [-0.2, 0) is 0 Å². The van der Waals surface area contributed by atoms with Crippen LogP contribution in [0.2, 0.25) is 5.02 Å². The van der Waals surface area contributed by atoms with Gasteiger partial charge < -0.3 is 5.11 Å². The number of unbranched alkanes of at least 4 members (excludes halogenated alkanes) is 1. The van der Waals surface area contributed by atoms with Crippen molar-refractivity contribution in [3.05, 3.63) is 34.3 Å². The Balaban J connectivity index is 2.78. The maximum atomic E-state index is 10.2. The van der Waals surface area contributed by atoms with Crippen molar-refractivity contribution >= 4 is 11.6 Å². The molecule has 0 aliphatic heterocycles. The Morgan fingerprint density at radius 1 is 1.32 bits per heavy atom. The summed E-state index contributed by atoms with van der Waals surface area (Å²) in [4.78, 5) is 0. The molecule has 1 rings (SSSR count). The van der Waals surface area contributed by atoms with Crippen LogP contribution in [0.15, 0.2) is 18.2 Å². The Morgan fingerprint density at radius 3 is 2.68 bits per heavy atom. The van der Waals surface area contributed by atoms with E-state index in [-0.39, 0.29) is 5.92 Å². The smallest absolute Gasteiger partial charge is 0.117 e. The third-order valence-electron chi connectivity index (χ3n) is 3.52. The van der Waals surface area contributed by atoms with Crippen molar-refractivity contribution in [1.82, 2.24) is 0 Å². The fourth-order valence-electron chi connectivity index (χ4n) is 2.06. The molecule has 0 aromatic heterocycles. The lowest BCUT2D eigenvalue weighted by Crippen LogP contribution is -2.17. The number of aliphatic hydroxyl groups excluding tert-OH is 1. The fourth-order valence-corrected chi connectivity index (χ4v) is 2.24. The van der Waals surface area contributed by atoms with Crippen molar-refractivity contribution in [3.63, 3.8) is 0 Å². The van der Waals surface area contributed by atoms with E-state index in [1.807, 2.05) is 25.1 Å². The molecule has 19 heavy (non-hydrogen) atoms. The van der Waals surface area contributed by atoms with Crippen LogP contribution in [0.25, 0.3) is 0 Å². The summed E-state index contributed by atoms with van der Waals surface area (Å²) in [5.41, 5.74) is 1.88. The van der Waals surface area contributed by atoms with Crippen molar-refractivity contribution < 1.29 is 5.11 Å². The third kappa shape index (κ3) is 4.90. The van der Waals surface area contributed by atoms with Crippen molar-refractivity contribution in [2.75, 3.05) is 0 Å². The molecule has 0 saturated carbocycles. The number of halogens is 1. The summed E-state index contributed by atoms with van der Waals surface area (Å²) in [6, 6.07) is 5.68. The van der Waals surface area contributed by atoms with Crippen LogP contribution in [0.4, 0.5) is 0 Å². The molecule has 0 radical (unpaired) electrons. The van der Waals surface area contributed by atoms with Crippen molar-refractivity contribution in [2.24, 2.45) is 5.92 Å². The van der Waals surface area contributed by atoms with E-state index < -0.39 is 6.10 Å². The number of rotatable bonds is 5. The second-order valence-electron chi connectivity index (χ2n) is 4.94. The molecule has 0 saturated heterocycles. The minimum absolute atomic E-state index is 0.270. The second kappa shape index (κ2) is 8.25. The topological polar surface area (TPSA) is 20.2 Å². The number of hydrogen-bond donors (Lipinski definition) is 1. The highest BCUT2D eigenvalue weighted by atomic mass is 35.5. The van der Waals surface area contributed by atoms with Gasteiger partial charge in [-0.1, -0.05) is 56.2 Å². The van der Waals surface area contributed by atoms with E-state index in [1.165, 1.54) is 0 Å². The first kappa shape index (κ1) is 16.1. The summed E-state index contributed by atoms with van der Waals surface area (Å²) in [5, 5.41) is 10.9. The maximum absolute atomic E-state index is 10.2. The van der Waals surface area contributed by atoms with Gasteiger partial charge in [0.2, 0.25) is 0 Å². The van der Waals surface area contributed by atoms with E-state index in [4.69, 9.17) is 11.6 Å². The van der Waals surface area contributed by atoms with Gasteiger partial charge in [-0.3, -0.25) is 0 Å². The Bertz CT molecular complexity index is 456. The molecule has 0 spiro atoms. The largest absolute Gasteiger partial charge is 0.380 e. The van der Waals surface area contributed by atoms with Gasteiger partial charge >= 0.3 is 0 Å². The molecule has 1 nitrogen and oxygen atoms in total. The quantitative estimate of drug-likeness (QED) is 0.782. The van der Waals surface area contributed by atoms with E-state index in [1.54, 1.807) is 0 Å². The number of aliphatic hydroxyl groups is 1. The van der Waals surface area contributed by atoms with Crippen molar-refractivity contribution in [1.29, 1.82) is 0 Å². The summed E-state index contributed by atoms with van der Waals surface area (Å²) >= 11 is 6.06. The lowest BCUT2D eigenvalue weighted by molar-refractivity contribution is 0.150. The predicted molar refractivity (Wildman–Crippen MR) is 82.4 cm³/mol. The van der Waals surface area contributed by atoms with E-state index >= 15 is 0 Å². The molecule has 1 aromatic carbocycles. The van der Waals surface area contributed by atoms with E-state index in [9.17, 15) is 5.11 Å². The normalized spacial score (nSPS) is 13.5. The molecule has 2 heteroatoms. The number of hydrogen-bond acceptors (Lipinski definition) is 1. The van der Waals surface area contributed by atoms with Crippen LogP contribution in [0.1, 0.15) is 50.7 Å². The molecule has 0 amide bonds. The second-order valence-corrected chi connectivity index (χ2v) is 5.34. The van der Waals surface area contributed by atoms with Gasteiger partial charge in [-0.05, 0) is 43.4 Å². The lowest BCUT2D eigenvalue weighted by atomic mass is 9.93. The standard InChI is InChI=1S/C17H23ClO/c1-4-6-8-14(5-2)17(19)12-11-15-9-7-10-16(18)13(15)3/h7,9-10,14,17,19H,4-6,8H2,1-3H3. The van der Waals surface area contributed by atoms with Gasteiger partial charge in [0.15, 0.2) is 0 Å². The van der Waals surface area contributed by atoms with Gasteiger partial charge in [0.1, 0.15) is 6.10 Å². The minimum Gasteiger partial charge on any atom is -0.380 e. The fraction of sp³-hybridized carbons (Fsp3) is 0.529. The first-order valence-electron chi connectivity index (χ1n) is 7.04. The Labute approximate surface area is 122 Å². The summed E-state index contributed by atoms with van der Waals surface area (Å²) in [5.74, 6) is 6.30. The maximum Gasteiger partial charge on any atom is 0.117 e. The zero-order valence-electron chi connectivity index (χ0n) is 12.0. The molecule has 1 N–H and O–H groups in total. The Hall–Kier alpha value is -0.970. The first-order chi connectivity index (χ1) is 9.10. The molecule has 0 heterocycles. The first-order valence-corrected chi connectivity index (χ1v) is 7.42. The van der Waals surface area contributed by atoms with Gasteiger partial charge in [0, 0.05) is 10.6 Å². The highest BCUT2D eigenvalue weighted by Gasteiger charge is 2.14. The predicted octanol–water partition coefficient (Wildman–Crippen LogP) is 4.58. The average Bonchev–Trinajstić information content (AvgIpc) is 2.41. The molecule has 0 aliphatic carbocycles. The summed E-state index contributed by atoms with van der Waals surface area (Å²) in [6.07, 6.45) is 3.76. The van der Waals surface area contributed by atoms with Crippen LogP contribution in [0.5, 0.6) is 0 Å². The van der Waals surface area contributed by atoms with Crippen LogP contribution in [-0.4, -0.2) is 11.2 Å². The van der Waals surface area contributed by atoms with E-state index in [0.29, 0.717) is 0 Å². The third-order valence-corrected chi connectivity index (χ3v) is 3.93. The monoisotopic (exact) mass is 278 g/mol. The van der Waals surface area contributed by atoms with Gasteiger partial charge in [-0.25, -0.2) is 0 Å². The molecular weight excluding hydrogens is 256 g/mol. The molecule has 1 aromatic rings. The van der Waals surface area contributed by atoms with Crippen LogP contribution in [0, 0.1) is 24.7 Å². The summed E-state index contributed by atoms with van der Waals surface area (Å²) < 4.78 is 0. The van der Waals surface area contributed by atoms with Crippen LogP contribution < -0.4 is 0 Å². The zero-order chi connectivity index (χ0) is 14.3. The van der Waals surface area contributed by atoms with E-state index in [0.717, 1.165) is 41.8 Å².